The molecule has 0 bridgehead atoms. The first kappa shape index (κ1) is 29.8. The smallest absolute Gasteiger partial charge is 0.322 e. The molecule has 0 fully saturated rings. The van der Waals surface area contributed by atoms with Crippen LogP contribution in [-0.4, -0.2) is 76.4 Å². The van der Waals surface area contributed by atoms with Gasteiger partial charge in [0.15, 0.2) is 11.5 Å². The minimum absolute atomic E-state index is 0.0878. The molecule has 0 aliphatic rings. The van der Waals surface area contributed by atoms with Gasteiger partial charge in [-0.25, -0.2) is 4.79 Å². The summed E-state index contributed by atoms with van der Waals surface area (Å²) in [6, 6.07) is 14.5. The standard InChI is InChI=1S/C29H37N3O6S/c1-21-12-16-39-27(21)19-31(13-11-22-9-10-25(37-4)26(17-22)38-5)28(33)20-32(14-15-35-2)29(34)30-23-7-6-8-24(18-23)36-3/h6-10,12,16-18H,11,13-15,19-20H2,1-5H3,(H,30,34). The van der Waals surface area contributed by atoms with E-state index >= 15 is 0 Å². The first-order valence-corrected chi connectivity index (χ1v) is 13.5. The Bertz CT molecular complexity index is 1230. The van der Waals surface area contributed by atoms with Crippen molar-refractivity contribution >= 4 is 29.0 Å². The zero-order valence-corrected chi connectivity index (χ0v) is 24.0. The number of carbonyl (C=O) groups excluding carboxylic acids is 2. The molecule has 0 radical (unpaired) electrons. The van der Waals surface area contributed by atoms with Crippen LogP contribution in [0, 0.1) is 6.92 Å². The van der Waals surface area contributed by atoms with Crippen LogP contribution in [0.25, 0.3) is 0 Å². The van der Waals surface area contributed by atoms with Gasteiger partial charge in [-0.3, -0.25) is 4.79 Å². The second-order valence-corrected chi connectivity index (χ2v) is 9.86. The van der Waals surface area contributed by atoms with Crippen LogP contribution < -0.4 is 19.5 Å². The number of amides is 3. The molecule has 3 aromatic rings. The lowest BCUT2D eigenvalue weighted by molar-refractivity contribution is -0.132. The normalized spacial score (nSPS) is 10.6. The number of anilines is 1. The molecule has 0 aliphatic carbocycles. The van der Waals surface area contributed by atoms with Crippen LogP contribution >= 0.6 is 11.3 Å². The summed E-state index contributed by atoms with van der Waals surface area (Å²) in [4.78, 5) is 31.2. The largest absolute Gasteiger partial charge is 0.497 e. The Kier molecular flexibility index (Phi) is 11.4. The van der Waals surface area contributed by atoms with Crippen LogP contribution in [0.2, 0.25) is 0 Å². The second-order valence-electron chi connectivity index (χ2n) is 8.86. The molecule has 0 atom stereocenters. The predicted molar refractivity (Wildman–Crippen MR) is 153 cm³/mol. The molecule has 0 saturated carbocycles. The number of rotatable bonds is 14. The van der Waals surface area contributed by atoms with Gasteiger partial charge in [0.05, 0.1) is 34.5 Å². The maximum Gasteiger partial charge on any atom is 0.322 e. The molecule has 0 spiro atoms. The van der Waals surface area contributed by atoms with Crippen molar-refractivity contribution in [2.24, 2.45) is 0 Å². The van der Waals surface area contributed by atoms with Crippen LogP contribution in [0.4, 0.5) is 10.5 Å². The van der Waals surface area contributed by atoms with E-state index in [9.17, 15) is 9.59 Å². The summed E-state index contributed by atoms with van der Waals surface area (Å²) in [5.41, 5.74) is 2.73. The maximum absolute atomic E-state index is 13.7. The van der Waals surface area contributed by atoms with E-state index in [0.29, 0.717) is 49.1 Å². The van der Waals surface area contributed by atoms with E-state index in [-0.39, 0.29) is 25.0 Å². The number of nitrogens with zero attached hydrogens (tertiary/aromatic N) is 2. The van der Waals surface area contributed by atoms with Gasteiger partial charge in [0.2, 0.25) is 5.91 Å². The van der Waals surface area contributed by atoms with Crippen molar-refractivity contribution in [1.29, 1.82) is 0 Å². The molecule has 210 valence electrons. The van der Waals surface area contributed by atoms with Crippen LogP contribution in [0.1, 0.15) is 16.0 Å². The topological polar surface area (TPSA) is 89.6 Å². The van der Waals surface area contributed by atoms with Crippen LogP contribution in [0.5, 0.6) is 17.2 Å². The summed E-state index contributed by atoms with van der Waals surface area (Å²) >= 11 is 1.62. The van der Waals surface area contributed by atoms with Gasteiger partial charge in [0.1, 0.15) is 12.3 Å². The van der Waals surface area contributed by atoms with E-state index in [1.807, 2.05) is 36.6 Å². The molecule has 3 rings (SSSR count). The van der Waals surface area contributed by atoms with E-state index in [0.717, 1.165) is 16.0 Å². The van der Waals surface area contributed by atoms with Gasteiger partial charge in [0, 0.05) is 36.8 Å². The molecule has 0 unspecified atom stereocenters. The Hall–Kier alpha value is -3.76. The first-order valence-electron chi connectivity index (χ1n) is 12.6. The Morgan fingerprint density at radius 1 is 0.897 bits per heavy atom. The first-order chi connectivity index (χ1) is 18.9. The quantitative estimate of drug-likeness (QED) is 0.306. The van der Waals surface area contributed by atoms with Crippen LogP contribution in [0.3, 0.4) is 0 Å². The molecule has 2 aromatic carbocycles. The highest BCUT2D eigenvalue weighted by molar-refractivity contribution is 7.10. The maximum atomic E-state index is 13.7. The van der Waals surface area contributed by atoms with Gasteiger partial charge in [-0.05, 0) is 60.2 Å². The number of benzene rings is 2. The van der Waals surface area contributed by atoms with Crippen LogP contribution in [0.15, 0.2) is 53.9 Å². The average molecular weight is 556 g/mol. The number of urea groups is 1. The molecule has 1 N–H and O–H groups in total. The zero-order valence-electron chi connectivity index (χ0n) is 23.2. The number of carbonyl (C=O) groups is 2. The van der Waals surface area contributed by atoms with E-state index in [1.54, 1.807) is 68.9 Å². The molecular weight excluding hydrogens is 518 g/mol. The number of hydrogen-bond acceptors (Lipinski definition) is 7. The fourth-order valence-corrected chi connectivity index (χ4v) is 4.87. The lowest BCUT2D eigenvalue weighted by atomic mass is 10.1. The summed E-state index contributed by atoms with van der Waals surface area (Å²) in [7, 11) is 6.33. The monoisotopic (exact) mass is 555 g/mol. The highest BCUT2D eigenvalue weighted by Crippen LogP contribution is 2.28. The molecule has 10 heteroatoms. The number of methoxy groups -OCH3 is 4. The fraction of sp³-hybridized carbons (Fsp3) is 0.379. The van der Waals surface area contributed by atoms with Crippen LogP contribution in [-0.2, 0) is 22.5 Å². The Balaban J connectivity index is 1.76. The summed E-state index contributed by atoms with van der Waals surface area (Å²) in [5.74, 6) is 1.77. The highest BCUT2D eigenvalue weighted by Gasteiger charge is 2.23. The van der Waals surface area contributed by atoms with Crippen molar-refractivity contribution in [1.82, 2.24) is 9.80 Å². The number of hydrogen-bond donors (Lipinski definition) is 1. The SMILES string of the molecule is COCCN(CC(=O)N(CCc1ccc(OC)c(OC)c1)Cc1sccc1C)C(=O)Nc1cccc(OC)c1. The summed E-state index contributed by atoms with van der Waals surface area (Å²) in [6.45, 7) is 3.45. The number of thiophene rings is 1. The van der Waals surface area contributed by atoms with E-state index in [4.69, 9.17) is 18.9 Å². The van der Waals surface area contributed by atoms with Gasteiger partial charge in [-0.2, -0.15) is 0 Å². The van der Waals surface area contributed by atoms with E-state index < -0.39 is 0 Å². The molecule has 39 heavy (non-hydrogen) atoms. The van der Waals surface area contributed by atoms with Crippen molar-refractivity contribution in [2.75, 3.05) is 60.0 Å². The molecule has 1 aromatic heterocycles. The van der Waals surface area contributed by atoms with Gasteiger partial charge >= 0.3 is 6.03 Å². The van der Waals surface area contributed by atoms with Crippen molar-refractivity contribution in [3.63, 3.8) is 0 Å². The third kappa shape index (κ3) is 8.62. The number of aryl methyl sites for hydroxylation is 1. The lowest BCUT2D eigenvalue weighted by Crippen LogP contribution is -2.46. The predicted octanol–water partition coefficient (Wildman–Crippen LogP) is 4.83. The van der Waals surface area contributed by atoms with Gasteiger partial charge in [0.25, 0.3) is 0 Å². The highest BCUT2D eigenvalue weighted by atomic mass is 32.1. The lowest BCUT2D eigenvalue weighted by Gasteiger charge is -2.28. The average Bonchev–Trinajstić information content (AvgIpc) is 3.36. The van der Waals surface area contributed by atoms with Crippen molar-refractivity contribution < 1.29 is 28.5 Å². The molecular formula is C29H37N3O6S. The van der Waals surface area contributed by atoms with Gasteiger partial charge < -0.3 is 34.1 Å². The Morgan fingerprint density at radius 3 is 2.36 bits per heavy atom. The Morgan fingerprint density at radius 2 is 1.69 bits per heavy atom. The summed E-state index contributed by atoms with van der Waals surface area (Å²) in [6.07, 6.45) is 0.616. The van der Waals surface area contributed by atoms with Crippen molar-refractivity contribution in [2.45, 2.75) is 19.9 Å². The minimum Gasteiger partial charge on any atom is -0.497 e. The van der Waals surface area contributed by atoms with Crippen molar-refractivity contribution in [3.8, 4) is 17.2 Å². The third-order valence-electron chi connectivity index (χ3n) is 6.27. The van der Waals surface area contributed by atoms with E-state index in [1.165, 1.54) is 4.90 Å². The van der Waals surface area contributed by atoms with Crippen molar-refractivity contribution in [3.05, 3.63) is 69.9 Å². The molecule has 0 saturated heterocycles. The molecule has 0 aliphatic heterocycles. The molecule has 3 amide bonds. The summed E-state index contributed by atoms with van der Waals surface area (Å²) in [5, 5.41) is 4.88. The number of nitrogens with one attached hydrogen (secondary N) is 1. The zero-order chi connectivity index (χ0) is 28.2. The van der Waals surface area contributed by atoms with E-state index in [2.05, 4.69) is 5.32 Å². The molecule has 9 nitrogen and oxygen atoms in total. The van der Waals surface area contributed by atoms with Gasteiger partial charge in [-0.1, -0.05) is 12.1 Å². The fourth-order valence-electron chi connectivity index (χ4n) is 3.95. The second kappa shape index (κ2) is 15.0. The van der Waals surface area contributed by atoms with Gasteiger partial charge in [-0.15, -0.1) is 11.3 Å². The summed E-state index contributed by atoms with van der Waals surface area (Å²) < 4.78 is 21.2. The molecule has 1 heterocycles. The minimum atomic E-state index is -0.388. The Labute approximate surface area is 234 Å². The third-order valence-corrected chi connectivity index (χ3v) is 7.28. The number of ether oxygens (including phenoxy) is 4.